The van der Waals surface area contributed by atoms with Crippen LogP contribution < -0.4 is 0 Å². The number of aromatic nitrogens is 2. The molecule has 3 heteroatoms. The predicted octanol–water partition coefficient (Wildman–Crippen LogP) is 2.18. The summed E-state index contributed by atoms with van der Waals surface area (Å²) in [5.41, 5.74) is 0.908. The van der Waals surface area contributed by atoms with Gasteiger partial charge in [-0.2, -0.15) is 5.10 Å². The Labute approximate surface area is 72.4 Å². The third-order valence-corrected chi connectivity index (χ3v) is 1.58. The lowest BCUT2D eigenvalue weighted by atomic mass is 10.4. The van der Waals surface area contributed by atoms with Gasteiger partial charge in [0.1, 0.15) is 0 Å². The molecular weight excluding hydrogens is 150 g/mol. The Kier molecular flexibility index (Phi) is 2.80. The number of hydrogen-bond donors (Lipinski definition) is 0. The van der Waals surface area contributed by atoms with E-state index < -0.39 is 0 Å². The molecule has 0 spiro atoms. The summed E-state index contributed by atoms with van der Waals surface area (Å²) in [6.07, 6.45) is 3.48. The Morgan fingerprint density at radius 3 is 3.17 bits per heavy atom. The van der Waals surface area contributed by atoms with E-state index in [1.807, 2.05) is 24.6 Å². The Morgan fingerprint density at radius 2 is 2.58 bits per heavy atom. The normalized spacial score (nSPS) is 11.7. The molecule has 1 aromatic rings. The van der Waals surface area contributed by atoms with Crippen molar-refractivity contribution in [1.29, 1.82) is 0 Å². The zero-order chi connectivity index (χ0) is 8.97. The largest absolute Gasteiger partial charge is 0.248 e. The fourth-order valence-electron chi connectivity index (χ4n) is 0.891. The number of aliphatic imine (C=N–C) groups is 1. The van der Waals surface area contributed by atoms with E-state index in [-0.39, 0.29) is 0 Å². The molecule has 0 aliphatic carbocycles. The summed E-state index contributed by atoms with van der Waals surface area (Å²) in [7, 11) is 0. The first-order chi connectivity index (χ1) is 5.77. The average Bonchev–Trinajstić information content (AvgIpc) is 2.51. The first-order valence-corrected chi connectivity index (χ1v) is 3.97. The first-order valence-electron chi connectivity index (χ1n) is 3.97. The van der Waals surface area contributed by atoms with Gasteiger partial charge in [-0.25, -0.2) is 9.67 Å². The van der Waals surface area contributed by atoms with E-state index >= 15 is 0 Å². The van der Waals surface area contributed by atoms with E-state index in [9.17, 15) is 0 Å². The maximum absolute atomic E-state index is 4.31. The van der Waals surface area contributed by atoms with E-state index in [2.05, 4.69) is 16.7 Å². The lowest BCUT2D eigenvalue weighted by Gasteiger charge is -1.98. The van der Waals surface area contributed by atoms with Crippen molar-refractivity contribution >= 4 is 11.5 Å². The van der Waals surface area contributed by atoms with Crippen LogP contribution in [0, 0.1) is 0 Å². The maximum Gasteiger partial charge on any atom is 0.150 e. The second-order valence-corrected chi connectivity index (χ2v) is 2.46. The predicted molar refractivity (Wildman–Crippen MR) is 50.9 cm³/mol. The van der Waals surface area contributed by atoms with Gasteiger partial charge >= 0.3 is 0 Å². The van der Waals surface area contributed by atoms with Crippen molar-refractivity contribution in [3.8, 4) is 0 Å². The Hall–Kier alpha value is -1.38. The second-order valence-electron chi connectivity index (χ2n) is 2.46. The number of aryl methyl sites for hydroxylation is 1. The molecule has 0 saturated carbocycles. The molecule has 64 valence electrons. The van der Waals surface area contributed by atoms with E-state index in [0.29, 0.717) is 0 Å². The molecule has 0 atom stereocenters. The van der Waals surface area contributed by atoms with Gasteiger partial charge in [-0.15, -0.1) is 0 Å². The van der Waals surface area contributed by atoms with Crippen molar-refractivity contribution in [3.05, 3.63) is 24.9 Å². The average molecular weight is 163 g/mol. The number of allylic oxidation sites excluding steroid dienone is 1. The third kappa shape index (κ3) is 1.81. The molecule has 0 radical (unpaired) electrons. The second kappa shape index (κ2) is 3.85. The van der Waals surface area contributed by atoms with Gasteiger partial charge in [-0.3, -0.25) is 0 Å². The molecule has 0 aliphatic heterocycles. The van der Waals surface area contributed by atoms with Crippen molar-refractivity contribution in [3.63, 3.8) is 0 Å². The van der Waals surface area contributed by atoms with Gasteiger partial charge in [-0.1, -0.05) is 6.58 Å². The van der Waals surface area contributed by atoms with Crippen molar-refractivity contribution in [1.82, 2.24) is 9.78 Å². The van der Waals surface area contributed by atoms with Crippen LogP contribution in [0.2, 0.25) is 0 Å². The summed E-state index contributed by atoms with van der Waals surface area (Å²) in [4.78, 5) is 4.31. The smallest absolute Gasteiger partial charge is 0.150 e. The van der Waals surface area contributed by atoms with Crippen LogP contribution in [0.4, 0.5) is 5.82 Å². The van der Waals surface area contributed by atoms with E-state index in [0.717, 1.165) is 18.1 Å². The molecule has 0 bridgehead atoms. The summed E-state index contributed by atoms with van der Waals surface area (Å²) < 4.78 is 1.84. The Morgan fingerprint density at radius 1 is 1.83 bits per heavy atom. The molecule has 1 heterocycles. The summed E-state index contributed by atoms with van der Waals surface area (Å²) >= 11 is 0. The Bertz CT molecular complexity index is 296. The molecule has 0 unspecified atom stereocenters. The van der Waals surface area contributed by atoms with Crippen LogP contribution in [0.5, 0.6) is 0 Å². The topological polar surface area (TPSA) is 30.2 Å². The van der Waals surface area contributed by atoms with Crippen molar-refractivity contribution < 1.29 is 0 Å². The lowest BCUT2D eigenvalue weighted by Crippen LogP contribution is -1.95. The van der Waals surface area contributed by atoms with Crippen molar-refractivity contribution in [2.45, 2.75) is 20.4 Å². The molecule has 0 saturated heterocycles. The molecule has 0 amide bonds. The van der Waals surface area contributed by atoms with E-state index in [4.69, 9.17) is 0 Å². The molecule has 0 fully saturated rings. The van der Waals surface area contributed by atoms with Crippen LogP contribution in [0.1, 0.15) is 13.8 Å². The minimum absolute atomic E-state index is 0.844. The molecule has 12 heavy (non-hydrogen) atoms. The highest BCUT2D eigenvalue weighted by atomic mass is 15.3. The maximum atomic E-state index is 4.31. The number of nitrogens with zero attached hydrogens (tertiary/aromatic N) is 3. The highest BCUT2D eigenvalue weighted by Crippen LogP contribution is 2.10. The van der Waals surface area contributed by atoms with Crippen LogP contribution in [0.25, 0.3) is 0 Å². The van der Waals surface area contributed by atoms with Gasteiger partial charge in [-0.05, 0) is 19.9 Å². The highest BCUT2D eigenvalue weighted by molar-refractivity contribution is 5.93. The lowest BCUT2D eigenvalue weighted by molar-refractivity contribution is 0.664. The molecule has 1 rings (SSSR count). The molecule has 0 N–H and O–H groups in total. The first kappa shape index (κ1) is 8.71. The van der Waals surface area contributed by atoms with Gasteiger partial charge < -0.3 is 0 Å². The fourth-order valence-corrected chi connectivity index (χ4v) is 0.891. The standard InChI is InChI=1S/C9H13N3/c1-4-8(3)11-9-6-7-10-12(9)5-2/h4,6-7H,1,5H2,2-3H3/b11-8-. The molecule has 3 nitrogen and oxygen atoms in total. The molecule has 0 aromatic carbocycles. The zero-order valence-electron chi connectivity index (χ0n) is 7.49. The number of rotatable bonds is 3. The zero-order valence-corrected chi connectivity index (χ0v) is 7.49. The van der Waals surface area contributed by atoms with Crippen molar-refractivity contribution in [2.75, 3.05) is 0 Å². The van der Waals surface area contributed by atoms with Gasteiger partial charge in [0.05, 0.1) is 6.20 Å². The molecular formula is C9H13N3. The Balaban J connectivity index is 2.94. The minimum Gasteiger partial charge on any atom is -0.248 e. The van der Waals surface area contributed by atoms with Crippen molar-refractivity contribution in [2.24, 2.45) is 4.99 Å². The van der Waals surface area contributed by atoms with Gasteiger partial charge in [0.2, 0.25) is 0 Å². The summed E-state index contributed by atoms with van der Waals surface area (Å²) in [6, 6.07) is 1.89. The quantitative estimate of drug-likeness (QED) is 0.628. The molecule has 0 aliphatic rings. The van der Waals surface area contributed by atoms with Crippen LogP contribution in [-0.2, 0) is 6.54 Å². The van der Waals surface area contributed by atoms with Crippen LogP contribution in [0.3, 0.4) is 0 Å². The van der Waals surface area contributed by atoms with E-state index in [1.54, 1.807) is 12.3 Å². The summed E-state index contributed by atoms with van der Waals surface area (Å²) in [5, 5.41) is 4.10. The number of hydrogen-bond acceptors (Lipinski definition) is 2. The summed E-state index contributed by atoms with van der Waals surface area (Å²) in [6.45, 7) is 8.43. The third-order valence-electron chi connectivity index (χ3n) is 1.58. The van der Waals surface area contributed by atoms with E-state index in [1.165, 1.54) is 0 Å². The molecule has 1 aromatic heterocycles. The van der Waals surface area contributed by atoms with Crippen LogP contribution >= 0.6 is 0 Å². The highest BCUT2D eigenvalue weighted by Gasteiger charge is 1.96. The SMILES string of the molecule is C=C/C(C)=N\c1ccnn1CC. The summed E-state index contributed by atoms with van der Waals surface area (Å²) in [5.74, 6) is 0.884. The van der Waals surface area contributed by atoms with Crippen LogP contribution in [0.15, 0.2) is 29.9 Å². The minimum atomic E-state index is 0.844. The van der Waals surface area contributed by atoms with Gasteiger partial charge in [0.15, 0.2) is 5.82 Å². The van der Waals surface area contributed by atoms with Gasteiger partial charge in [0, 0.05) is 18.3 Å². The van der Waals surface area contributed by atoms with Gasteiger partial charge in [0.25, 0.3) is 0 Å². The monoisotopic (exact) mass is 163 g/mol. The van der Waals surface area contributed by atoms with Crippen LogP contribution in [-0.4, -0.2) is 15.5 Å². The fraction of sp³-hybridized carbons (Fsp3) is 0.333.